The minimum atomic E-state index is -0.289. The molecule has 0 atom stereocenters. The largest absolute Gasteiger partial charge is 0.483 e. The molecule has 0 aliphatic rings. The summed E-state index contributed by atoms with van der Waals surface area (Å²) in [5.41, 5.74) is 1.88. The van der Waals surface area contributed by atoms with Crippen LogP contribution in [0.25, 0.3) is 0 Å². The van der Waals surface area contributed by atoms with Crippen LogP contribution in [0.5, 0.6) is 5.75 Å². The second kappa shape index (κ2) is 9.55. The Hall–Kier alpha value is -3.60. The summed E-state index contributed by atoms with van der Waals surface area (Å²) in [6.07, 6.45) is 0. The fraction of sp³-hybridized carbons (Fsp3) is 0.167. The number of rotatable bonds is 7. The molecule has 29 heavy (non-hydrogen) atoms. The van der Waals surface area contributed by atoms with Crippen molar-refractivity contribution >= 4 is 23.2 Å². The molecule has 0 unspecified atom stereocenters. The first kappa shape index (κ1) is 20.1. The van der Waals surface area contributed by atoms with E-state index in [4.69, 9.17) is 4.74 Å². The van der Waals surface area contributed by atoms with E-state index in [-0.39, 0.29) is 24.5 Å². The molecule has 0 saturated carbocycles. The van der Waals surface area contributed by atoms with Crippen LogP contribution in [0.1, 0.15) is 24.2 Å². The lowest BCUT2D eigenvalue weighted by atomic mass is 10.2. The molecule has 0 fully saturated rings. The van der Waals surface area contributed by atoms with E-state index in [1.54, 1.807) is 29.2 Å². The van der Waals surface area contributed by atoms with Crippen molar-refractivity contribution in [3.63, 3.8) is 0 Å². The molecule has 3 aromatic rings. The van der Waals surface area contributed by atoms with Gasteiger partial charge in [0.1, 0.15) is 5.75 Å². The van der Waals surface area contributed by atoms with Crippen molar-refractivity contribution in [3.8, 4) is 5.75 Å². The molecule has 2 amide bonds. The molecule has 0 radical (unpaired) electrons. The van der Waals surface area contributed by atoms with Gasteiger partial charge in [0.2, 0.25) is 0 Å². The predicted molar refractivity (Wildman–Crippen MR) is 115 cm³/mol. The zero-order valence-corrected chi connectivity index (χ0v) is 16.5. The van der Waals surface area contributed by atoms with E-state index in [1.807, 2.05) is 74.5 Å². The van der Waals surface area contributed by atoms with Crippen molar-refractivity contribution in [3.05, 3.63) is 90.5 Å². The summed E-state index contributed by atoms with van der Waals surface area (Å²) in [6.45, 7) is 3.74. The highest BCUT2D eigenvalue weighted by atomic mass is 16.5. The minimum absolute atomic E-state index is 0.0230. The van der Waals surface area contributed by atoms with E-state index < -0.39 is 0 Å². The van der Waals surface area contributed by atoms with Crippen LogP contribution in [-0.2, 0) is 4.79 Å². The van der Waals surface area contributed by atoms with Crippen molar-refractivity contribution in [2.75, 3.05) is 16.8 Å². The van der Waals surface area contributed by atoms with Gasteiger partial charge in [-0.2, -0.15) is 0 Å². The third-order valence-electron chi connectivity index (χ3n) is 4.33. The average Bonchev–Trinajstić information content (AvgIpc) is 2.74. The van der Waals surface area contributed by atoms with Gasteiger partial charge in [0, 0.05) is 17.4 Å². The van der Waals surface area contributed by atoms with Gasteiger partial charge >= 0.3 is 0 Å². The van der Waals surface area contributed by atoms with Gasteiger partial charge in [-0.15, -0.1) is 0 Å². The molecule has 0 saturated heterocycles. The van der Waals surface area contributed by atoms with Gasteiger partial charge < -0.3 is 15.0 Å². The smallest absolute Gasteiger partial charge is 0.265 e. The first-order chi connectivity index (χ1) is 14.1. The summed E-state index contributed by atoms with van der Waals surface area (Å²) in [4.78, 5) is 27.2. The quantitative estimate of drug-likeness (QED) is 0.635. The molecule has 148 valence electrons. The number of hydrogen-bond acceptors (Lipinski definition) is 3. The maximum absolute atomic E-state index is 12.8. The molecule has 0 aliphatic heterocycles. The Morgan fingerprint density at radius 3 is 2.10 bits per heavy atom. The highest BCUT2D eigenvalue weighted by Crippen LogP contribution is 2.21. The molecule has 3 aromatic carbocycles. The van der Waals surface area contributed by atoms with E-state index in [0.717, 1.165) is 5.69 Å². The van der Waals surface area contributed by atoms with E-state index in [0.29, 0.717) is 17.0 Å². The molecule has 0 spiro atoms. The van der Waals surface area contributed by atoms with Crippen LogP contribution in [0.2, 0.25) is 0 Å². The molecular formula is C24H24N2O3. The average molecular weight is 388 g/mol. The number of carbonyl (C=O) groups is 2. The first-order valence-corrected chi connectivity index (χ1v) is 9.51. The molecule has 0 bridgehead atoms. The molecule has 0 heterocycles. The van der Waals surface area contributed by atoms with Gasteiger partial charge in [0.25, 0.3) is 11.8 Å². The van der Waals surface area contributed by atoms with Gasteiger partial charge in [-0.1, -0.05) is 48.5 Å². The molecule has 3 rings (SSSR count). The zero-order chi connectivity index (χ0) is 20.6. The van der Waals surface area contributed by atoms with Crippen molar-refractivity contribution in [1.29, 1.82) is 0 Å². The highest BCUT2D eigenvalue weighted by molar-refractivity contribution is 6.06. The number of anilines is 2. The molecule has 5 nitrogen and oxygen atoms in total. The van der Waals surface area contributed by atoms with Gasteiger partial charge in [-0.25, -0.2) is 0 Å². The van der Waals surface area contributed by atoms with E-state index in [2.05, 4.69) is 5.32 Å². The Labute approximate surface area is 170 Å². The van der Waals surface area contributed by atoms with Crippen LogP contribution in [0, 0.1) is 0 Å². The van der Waals surface area contributed by atoms with Crippen molar-refractivity contribution in [2.24, 2.45) is 0 Å². The minimum Gasteiger partial charge on any atom is -0.483 e. The number of benzene rings is 3. The van der Waals surface area contributed by atoms with E-state index in [1.165, 1.54) is 0 Å². The van der Waals surface area contributed by atoms with Gasteiger partial charge in [-0.3, -0.25) is 9.59 Å². The van der Waals surface area contributed by atoms with Crippen LogP contribution in [-0.4, -0.2) is 24.5 Å². The zero-order valence-electron chi connectivity index (χ0n) is 16.5. The number of carbonyl (C=O) groups excluding carboxylic acids is 2. The Bertz CT molecular complexity index is 956. The second-order valence-electron chi connectivity index (χ2n) is 6.80. The third kappa shape index (κ3) is 5.23. The summed E-state index contributed by atoms with van der Waals surface area (Å²) >= 11 is 0. The summed E-state index contributed by atoms with van der Waals surface area (Å²) in [6, 6.07) is 25.5. The van der Waals surface area contributed by atoms with Crippen LogP contribution >= 0.6 is 0 Å². The summed E-state index contributed by atoms with van der Waals surface area (Å²) < 4.78 is 5.76. The number of ether oxygens (including phenoxy) is 1. The highest BCUT2D eigenvalue weighted by Gasteiger charge is 2.20. The van der Waals surface area contributed by atoms with Crippen molar-refractivity contribution < 1.29 is 14.3 Å². The fourth-order valence-corrected chi connectivity index (χ4v) is 3.03. The van der Waals surface area contributed by atoms with Gasteiger partial charge in [-0.05, 0) is 50.2 Å². The first-order valence-electron chi connectivity index (χ1n) is 9.51. The summed E-state index contributed by atoms with van der Waals surface area (Å²) in [5, 5.41) is 2.84. The van der Waals surface area contributed by atoms with Crippen LogP contribution in [0.15, 0.2) is 84.9 Å². The maximum atomic E-state index is 12.8. The number of para-hydroxylation sites is 3. The Morgan fingerprint density at radius 1 is 0.862 bits per heavy atom. The third-order valence-corrected chi connectivity index (χ3v) is 4.33. The number of nitrogens with one attached hydrogen (secondary N) is 1. The molecule has 0 aliphatic carbocycles. The Balaban J connectivity index is 1.72. The fourth-order valence-electron chi connectivity index (χ4n) is 3.03. The van der Waals surface area contributed by atoms with Crippen molar-refractivity contribution in [2.45, 2.75) is 19.9 Å². The van der Waals surface area contributed by atoms with Gasteiger partial charge in [0.05, 0.1) is 5.56 Å². The Morgan fingerprint density at radius 2 is 1.45 bits per heavy atom. The van der Waals surface area contributed by atoms with Crippen LogP contribution in [0.3, 0.4) is 0 Å². The lowest BCUT2D eigenvalue weighted by Crippen LogP contribution is -2.40. The monoisotopic (exact) mass is 388 g/mol. The maximum Gasteiger partial charge on any atom is 0.265 e. The van der Waals surface area contributed by atoms with E-state index in [9.17, 15) is 9.59 Å². The van der Waals surface area contributed by atoms with E-state index >= 15 is 0 Å². The lowest BCUT2D eigenvalue weighted by molar-refractivity contribution is -0.120. The number of amides is 2. The van der Waals surface area contributed by atoms with Crippen LogP contribution < -0.4 is 15.0 Å². The van der Waals surface area contributed by atoms with Crippen molar-refractivity contribution in [1.82, 2.24) is 0 Å². The Kier molecular flexibility index (Phi) is 6.63. The second-order valence-corrected chi connectivity index (χ2v) is 6.80. The summed E-state index contributed by atoms with van der Waals surface area (Å²) in [5.74, 6) is -0.0986. The summed E-state index contributed by atoms with van der Waals surface area (Å²) in [7, 11) is 0. The topological polar surface area (TPSA) is 58.6 Å². The standard InChI is InChI=1S/C24H24N2O3/c1-18(2)26(20-13-7-4-8-14-20)23(27)17-29-22-16-10-9-15-21(22)24(28)25-19-11-5-3-6-12-19/h3-16,18H,17H2,1-2H3,(H,25,28). The van der Waals surface area contributed by atoms with Crippen LogP contribution in [0.4, 0.5) is 11.4 Å². The van der Waals surface area contributed by atoms with Gasteiger partial charge in [0.15, 0.2) is 6.61 Å². The molecular weight excluding hydrogens is 364 g/mol. The molecule has 0 aromatic heterocycles. The SMILES string of the molecule is CC(C)N(C(=O)COc1ccccc1C(=O)Nc1ccccc1)c1ccccc1. The molecule has 5 heteroatoms. The molecule has 1 N–H and O–H groups in total. The normalized spacial score (nSPS) is 10.4. The predicted octanol–water partition coefficient (Wildman–Crippen LogP) is 4.76. The number of nitrogens with zero attached hydrogens (tertiary/aromatic N) is 1. The number of hydrogen-bond donors (Lipinski definition) is 1. The lowest BCUT2D eigenvalue weighted by Gasteiger charge is -2.27.